The van der Waals surface area contributed by atoms with Crippen molar-refractivity contribution in [1.82, 2.24) is 5.32 Å². The van der Waals surface area contributed by atoms with E-state index in [0.29, 0.717) is 26.2 Å². The Morgan fingerprint density at radius 3 is 3.00 bits per heavy atom. The van der Waals surface area contributed by atoms with Crippen LogP contribution in [-0.4, -0.2) is 30.8 Å². The largest absolute Gasteiger partial charge is 0.506 e. The fourth-order valence-corrected chi connectivity index (χ4v) is 2.17. The Kier molecular flexibility index (Phi) is 4.98. The standard InChI is InChI=1S/C14H15ClFNO3/c15-12-8-10(16)7-11(13(12)18)14(19)17-4-1-9-2-5-20-6-3-9/h2,7-8,18H,1,3-6H2,(H,17,19). The highest BCUT2D eigenvalue weighted by atomic mass is 35.5. The van der Waals surface area contributed by atoms with Crippen LogP contribution in [0, 0.1) is 5.82 Å². The van der Waals surface area contributed by atoms with E-state index in [2.05, 4.69) is 5.32 Å². The van der Waals surface area contributed by atoms with Gasteiger partial charge in [0.1, 0.15) is 11.6 Å². The van der Waals surface area contributed by atoms with Crippen molar-refractivity contribution in [2.75, 3.05) is 19.8 Å². The minimum atomic E-state index is -0.662. The second-order valence-corrected chi connectivity index (χ2v) is 4.88. The van der Waals surface area contributed by atoms with E-state index < -0.39 is 17.5 Å². The molecule has 0 radical (unpaired) electrons. The molecule has 0 saturated heterocycles. The lowest BCUT2D eigenvalue weighted by Gasteiger charge is -2.14. The number of ether oxygens (including phenoxy) is 1. The number of phenols is 1. The first-order valence-corrected chi connectivity index (χ1v) is 6.67. The number of phenolic OH excluding ortho intramolecular Hbond substituents is 1. The number of amides is 1. The molecule has 1 heterocycles. The van der Waals surface area contributed by atoms with Gasteiger partial charge in [0, 0.05) is 6.54 Å². The van der Waals surface area contributed by atoms with Crippen LogP contribution in [-0.2, 0) is 4.74 Å². The molecule has 0 unspecified atom stereocenters. The summed E-state index contributed by atoms with van der Waals surface area (Å²) < 4.78 is 18.4. The number of rotatable bonds is 4. The van der Waals surface area contributed by atoms with Crippen LogP contribution in [0.4, 0.5) is 4.39 Å². The van der Waals surface area contributed by atoms with Crippen LogP contribution >= 0.6 is 11.6 Å². The van der Waals surface area contributed by atoms with E-state index in [-0.39, 0.29) is 10.6 Å². The number of benzene rings is 1. The molecule has 108 valence electrons. The number of nitrogens with one attached hydrogen (secondary N) is 1. The predicted molar refractivity (Wildman–Crippen MR) is 73.5 cm³/mol. The van der Waals surface area contributed by atoms with E-state index in [1.165, 1.54) is 5.57 Å². The Bertz CT molecular complexity index is 545. The first-order valence-electron chi connectivity index (χ1n) is 6.30. The lowest BCUT2D eigenvalue weighted by Crippen LogP contribution is -2.25. The number of hydrogen-bond donors (Lipinski definition) is 2. The monoisotopic (exact) mass is 299 g/mol. The Morgan fingerprint density at radius 1 is 1.50 bits per heavy atom. The summed E-state index contributed by atoms with van der Waals surface area (Å²) in [7, 11) is 0. The highest BCUT2D eigenvalue weighted by Crippen LogP contribution is 2.28. The maximum atomic E-state index is 13.2. The average Bonchev–Trinajstić information content (AvgIpc) is 2.44. The van der Waals surface area contributed by atoms with Gasteiger partial charge >= 0.3 is 0 Å². The Hall–Kier alpha value is -1.59. The molecule has 0 spiro atoms. The smallest absolute Gasteiger partial charge is 0.255 e. The van der Waals surface area contributed by atoms with Crippen molar-refractivity contribution in [3.63, 3.8) is 0 Å². The summed E-state index contributed by atoms with van der Waals surface area (Å²) in [4.78, 5) is 11.9. The summed E-state index contributed by atoms with van der Waals surface area (Å²) in [6, 6.07) is 1.92. The number of carbonyl (C=O) groups excluding carboxylic acids is 1. The van der Waals surface area contributed by atoms with E-state index >= 15 is 0 Å². The van der Waals surface area contributed by atoms with Gasteiger partial charge in [-0.1, -0.05) is 23.3 Å². The van der Waals surface area contributed by atoms with Crippen LogP contribution < -0.4 is 5.32 Å². The zero-order chi connectivity index (χ0) is 14.5. The highest BCUT2D eigenvalue weighted by molar-refractivity contribution is 6.32. The van der Waals surface area contributed by atoms with Crippen molar-refractivity contribution in [2.45, 2.75) is 12.8 Å². The molecule has 1 amide bonds. The quantitative estimate of drug-likeness (QED) is 0.840. The van der Waals surface area contributed by atoms with Gasteiger partial charge in [-0.3, -0.25) is 4.79 Å². The molecule has 2 N–H and O–H groups in total. The second-order valence-electron chi connectivity index (χ2n) is 4.48. The highest BCUT2D eigenvalue weighted by Gasteiger charge is 2.15. The van der Waals surface area contributed by atoms with Gasteiger partial charge in [-0.2, -0.15) is 0 Å². The Morgan fingerprint density at radius 2 is 2.30 bits per heavy atom. The van der Waals surface area contributed by atoms with Crippen molar-refractivity contribution in [2.24, 2.45) is 0 Å². The van der Waals surface area contributed by atoms with E-state index in [1.807, 2.05) is 6.08 Å². The number of halogens is 2. The van der Waals surface area contributed by atoms with Gasteiger partial charge in [0.15, 0.2) is 0 Å². The van der Waals surface area contributed by atoms with Gasteiger partial charge in [0.25, 0.3) is 5.91 Å². The van der Waals surface area contributed by atoms with Gasteiger partial charge in [-0.05, 0) is 25.0 Å². The van der Waals surface area contributed by atoms with Crippen LogP contribution in [0.25, 0.3) is 0 Å². The zero-order valence-corrected chi connectivity index (χ0v) is 11.5. The van der Waals surface area contributed by atoms with E-state index in [9.17, 15) is 14.3 Å². The first kappa shape index (κ1) is 14.8. The maximum Gasteiger partial charge on any atom is 0.255 e. The van der Waals surface area contributed by atoms with Gasteiger partial charge < -0.3 is 15.2 Å². The van der Waals surface area contributed by atoms with Crippen molar-refractivity contribution < 1.29 is 19.0 Å². The fourth-order valence-electron chi connectivity index (χ4n) is 1.96. The molecular weight excluding hydrogens is 285 g/mol. The van der Waals surface area contributed by atoms with E-state index in [0.717, 1.165) is 18.6 Å². The van der Waals surface area contributed by atoms with Crippen molar-refractivity contribution in [1.29, 1.82) is 0 Å². The average molecular weight is 300 g/mol. The molecule has 0 atom stereocenters. The van der Waals surface area contributed by atoms with Crippen LogP contribution in [0.2, 0.25) is 5.02 Å². The van der Waals surface area contributed by atoms with Crippen LogP contribution in [0.3, 0.4) is 0 Å². The zero-order valence-electron chi connectivity index (χ0n) is 10.8. The molecule has 1 aromatic carbocycles. The third-order valence-electron chi connectivity index (χ3n) is 3.06. The molecule has 1 aromatic rings. The number of hydrogen-bond acceptors (Lipinski definition) is 3. The Balaban J connectivity index is 1.93. The molecule has 4 nitrogen and oxygen atoms in total. The molecule has 0 fully saturated rings. The summed E-state index contributed by atoms with van der Waals surface area (Å²) in [5.41, 5.74) is 1.06. The molecule has 1 aliphatic heterocycles. The molecule has 2 rings (SSSR count). The molecule has 6 heteroatoms. The van der Waals surface area contributed by atoms with E-state index in [4.69, 9.17) is 16.3 Å². The summed E-state index contributed by atoms with van der Waals surface area (Å²) in [6.07, 6.45) is 3.55. The molecule has 20 heavy (non-hydrogen) atoms. The van der Waals surface area contributed by atoms with Crippen LogP contribution in [0.15, 0.2) is 23.8 Å². The lowest BCUT2D eigenvalue weighted by atomic mass is 10.1. The molecule has 1 aliphatic rings. The predicted octanol–water partition coefficient (Wildman–Crippen LogP) is 2.65. The van der Waals surface area contributed by atoms with Crippen molar-refractivity contribution in [3.8, 4) is 5.75 Å². The minimum Gasteiger partial charge on any atom is -0.506 e. The third-order valence-corrected chi connectivity index (χ3v) is 3.35. The van der Waals surface area contributed by atoms with Gasteiger partial charge in [-0.15, -0.1) is 0 Å². The number of carbonyl (C=O) groups is 1. The summed E-state index contributed by atoms with van der Waals surface area (Å²) in [6.45, 7) is 1.71. The summed E-state index contributed by atoms with van der Waals surface area (Å²) >= 11 is 5.63. The summed E-state index contributed by atoms with van der Waals surface area (Å²) in [5.74, 6) is -1.61. The van der Waals surface area contributed by atoms with Crippen molar-refractivity contribution in [3.05, 3.63) is 40.2 Å². The third kappa shape index (κ3) is 3.71. The SMILES string of the molecule is O=C(NCCC1=CCOCC1)c1cc(F)cc(Cl)c1O. The van der Waals surface area contributed by atoms with Gasteiger partial charge in [-0.25, -0.2) is 4.39 Å². The fraction of sp³-hybridized carbons (Fsp3) is 0.357. The number of aromatic hydroxyl groups is 1. The summed E-state index contributed by atoms with van der Waals surface area (Å²) in [5, 5.41) is 12.1. The van der Waals surface area contributed by atoms with Crippen LogP contribution in [0.5, 0.6) is 5.75 Å². The topological polar surface area (TPSA) is 58.6 Å². The Labute approximate surface area is 121 Å². The molecule has 0 aromatic heterocycles. The minimum absolute atomic E-state index is 0.157. The molecule has 0 saturated carbocycles. The molecular formula is C14H15ClFNO3. The molecule has 0 bridgehead atoms. The lowest BCUT2D eigenvalue weighted by molar-refractivity contribution is 0.0950. The van der Waals surface area contributed by atoms with E-state index in [1.54, 1.807) is 0 Å². The van der Waals surface area contributed by atoms with Gasteiger partial charge in [0.05, 0.1) is 23.8 Å². The molecule has 0 aliphatic carbocycles. The second kappa shape index (κ2) is 6.72. The maximum absolute atomic E-state index is 13.2. The normalized spacial score (nSPS) is 14.8. The van der Waals surface area contributed by atoms with Gasteiger partial charge in [0.2, 0.25) is 0 Å². The van der Waals surface area contributed by atoms with Crippen molar-refractivity contribution >= 4 is 17.5 Å². The van der Waals surface area contributed by atoms with Crippen LogP contribution in [0.1, 0.15) is 23.2 Å². The first-order chi connectivity index (χ1) is 9.58.